The number of amides is 2. The Morgan fingerprint density at radius 3 is 2.79 bits per heavy atom. The fourth-order valence-corrected chi connectivity index (χ4v) is 3.28. The van der Waals surface area contributed by atoms with Crippen molar-refractivity contribution < 1.29 is 23.5 Å². The summed E-state index contributed by atoms with van der Waals surface area (Å²) in [6.45, 7) is 2.06. The average Bonchev–Trinajstić information content (AvgIpc) is 2.67. The highest BCUT2D eigenvalue weighted by molar-refractivity contribution is 5.99. The Hall–Kier alpha value is -3.23. The van der Waals surface area contributed by atoms with Gasteiger partial charge in [0.2, 0.25) is 5.43 Å². The van der Waals surface area contributed by atoms with E-state index in [0.29, 0.717) is 12.6 Å². The number of carbonyl (C=O) groups excluding carboxylic acids is 2. The first kappa shape index (κ1) is 20.5. The molecular formula is C20H21F2N3O4. The highest BCUT2D eigenvalue weighted by Crippen LogP contribution is 2.20. The third-order valence-corrected chi connectivity index (χ3v) is 4.83. The highest BCUT2D eigenvalue weighted by Gasteiger charge is 2.30. The van der Waals surface area contributed by atoms with Gasteiger partial charge in [-0.05, 0) is 12.5 Å². The van der Waals surface area contributed by atoms with Gasteiger partial charge in [-0.2, -0.15) is 0 Å². The molecule has 0 spiro atoms. The summed E-state index contributed by atoms with van der Waals surface area (Å²) < 4.78 is 28.1. The molecule has 3 N–H and O–H groups in total. The van der Waals surface area contributed by atoms with Gasteiger partial charge in [-0.15, -0.1) is 0 Å². The third-order valence-electron chi connectivity index (χ3n) is 4.83. The van der Waals surface area contributed by atoms with E-state index in [9.17, 15) is 28.3 Å². The van der Waals surface area contributed by atoms with Gasteiger partial charge in [0.1, 0.15) is 17.2 Å². The lowest BCUT2D eigenvalue weighted by Gasteiger charge is -2.28. The van der Waals surface area contributed by atoms with Gasteiger partial charge >= 0.3 is 0 Å². The minimum Gasteiger partial charge on any atom is -0.503 e. The minimum atomic E-state index is -0.990. The molecule has 1 aromatic carbocycles. The van der Waals surface area contributed by atoms with Crippen LogP contribution < -0.4 is 16.1 Å². The van der Waals surface area contributed by atoms with Crippen molar-refractivity contribution in [3.05, 3.63) is 63.1 Å². The first-order valence-electron chi connectivity index (χ1n) is 9.31. The average molecular weight is 405 g/mol. The summed E-state index contributed by atoms with van der Waals surface area (Å²) in [6.07, 6.45) is 3.79. The molecule has 1 aliphatic heterocycles. The molecule has 9 heteroatoms. The predicted octanol–water partition coefficient (Wildman–Crippen LogP) is 2.06. The maximum atomic E-state index is 13.7. The Kier molecular flexibility index (Phi) is 5.95. The van der Waals surface area contributed by atoms with E-state index in [1.54, 1.807) is 0 Å². The number of hydrogen-bond acceptors (Lipinski definition) is 4. The molecule has 0 fully saturated rings. The number of rotatable bonds is 6. The second-order valence-corrected chi connectivity index (χ2v) is 6.95. The number of carbonyl (C=O) groups is 2. The first-order valence-corrected chi connectivity index (χ1v) is 9.31. The molecule has 154 valence electrons. The summed E-state index contributed by atoms with van der Waals surface area (Å²) in [5, 5.41) is 15.3. The third kappa shape index (κ3) is 4.28. The first-order chi connectivity index (χ1) is 13.8. The molecule has 0 aliphatic carbocycles. The Morgan fingerprint density at radius 1 is 1.34 bits per heavy atom. The van der Waals surface area contributed by atoms with Gasteiger partial charge in [0, 0.05) is 37.0 Å². The monoisotopic (exact) mass is 405 g/mol. The van der Waals surface area contributed by atoms with Gasteiger partial charge in [-0.1, -0.05) is 25.8 Å². The standard InChI is InChI=1S/C20H21F2N3O4/c1-2-3-4-13-9-25-10-14(17(26)18(27)16(25)20(29)24-13)19(28)23-8-11-5-6-12(21)7-15(11)22/h5-7,10,13,27H,2-4,8-9H2,1H3,(H,23,28)(H,24,29). The predicted molar refractivity (Wildman–Crippen MR) is 101 cm³/mol. The highest BCUT2D eigenvalue weighted by atomic mass is 19.1. The number of nitrogens with zero attached hydrogens (tertiary/aromatic N) is 1. The normalized spacial score (nSPS) is 15.6. The van der Waals surface area contributed by atoms with Crippen LogP contribution in [0.1, 0.15) is 52.6 Å². The molecule has 2 aromatic rings. The molecule has 0 saturated heterocycles. The smallest absolute Gasteiger partial charge is 0.272 e. The van der Waals surface area contributed by atoms with Gasteiger partial charge < -0.3 is 20.3 Å². The molecule has 3 rings (SSSR count). The summed E-state index contributed by atoms with van der Waals surface area (Å²) >= 11 is 0. The largest absolute Gasteiger partial charge is 0.503 e. The number of aromatic hydroxyl groups is 1. The quantitative estimate of drug-likeness (QED) is 0.685. The second-order valence-electron chi connectivity index (χ2n) is 6.95. The van der Waals surface area contributed by atoms with E-state index in [-0.39, 0.29) is 29.4 Å². The van der Waals surface area contributed by atoms with Crippen LogP contribution in [0.2, 0.25) is 0 Å². The van der Waals surface area contributed by atoms with Crippen molar-refractivity contribution in [3.63, 3.8) is 0 Å². The van der Waals surface area contributed by atoms with Crippen molar-refractivity contribution in [1.82, 2.24) is 15.2 Å². The number of aromatic nitrogens is 1. The number of unbranched alkanes of at least 4 members (excludes halogenated alkanes) is 1. The van der Waals surface area contributed by atoms with E-state index >= 15 is 0 Å². The van der Waals surface area contributed by atoms with E-state index < -0.39 is 34.6 Å². The number of nitrogens with one attached hydrogen (secondary N) is 2. The van der Waals surface area contributed by atoms with E-state index in [0.717, 1.165) is 25.3 Å². The Labute approximate surface area is 165 Å². The molecule has 0 saturated carbocycles. The van der Waals surface area contributed by atoms with E-state index in [1.807, 2.05) is 6.92 Å². The van der Waals surface area contributed by atoms with Gasteiger partial charge in [0.25, 0.3) is 11.8 Å². The fourth-order valence-electron chi connectivity index (χ4n) is 3.28. The lowest BCUT2D eigenvalue weighted by Crippen LogP contribution is -2.46. The molecular weight excluding hydrogens is 384 g/mol. The van der Waals surface area contributed by atoms with Crippen LogP contribution in [0, 0.1) is 11.6 Å². The molecule has 1 aliphatic rings. The Bertz CT molecular complexity index is 1020. The van der Waals surface area contributed by atoms with Crippen LogP contribution in [-0.2, 0) is 13.1 Å². The zero-order valence-electron chi connectivity index (χ0n) is 15.8. The number of hydrogen-bond donors (Lipinski definition) is 3. The molecule has 2 heterocycles. The number of benzene rings is 1. The summed E-state index contributed by atoms with van der Waals surface area (Å²) in [5.74, 6) is -3.79. The van der Waals surface area contributed by atoms with Crippen molar-refractivity contribution >= 4 is 11.8 Å². The van der Waals surface area contributed by atoms with Gasteiger partial charge in [0.15, 0.2) is 11.4 Å². The van der Waals surface area contributed by atoms with Crippen LogP contribution in [0.3, 0.4) is 0 Å². The van der Waals surface area contributed by atoms with Crippen LogP contribution in [0.5, 0.6) is 5.75 Å². The molecule has 29 heavy (non-hydrogen) atoms. The summed E-state index contributed by atoms with van der Waals surface area (Å²) in [7, 11) is 0. The van der Waals surface area contributed by atoms with Gasteiger partial charge in [-0.3, -0.25) is 14.4 Å². The van der Waals surface area contributed by atoms with E-state index in [1.165, 1.54) is 16.8 Å². The van der Waals surface area contributed by atoms with E-state index in [4.69, 9.17) is 0 Å². The summed E-state index contributed by atoms with van der Waals surface area (Å²) in [6, 6.07) is 2.75. The number of fused-ring (bicyclic) bond motifs is 1. The number of halogens is 2. The van der Waals surface area contributed by atoms with Gasteiger partial charge in [-0.25, -0.2) is 8.78 Å². The fraction of sp³-hybridized carbons (Fsp3) is 0.350. The van der Waals surface area contributed by atoms with Crippen LogP contribution in [0.4, 0.5) is 8.78 Å². The molecule has 0 radical (unpaired) electrons. The Balaban J connectivity index is 1.84. The maximum absolute atomic E-state index is 13.7. The lowest BCUT2D eigenvalue weighted by atomic mass is 10.1. The molecule has 1 atom stereocenters. The SMILES string of the molecule is CCCCC1Cn2cc(C(=O)NCc3ccc(F)cc3F)c(=O)c(O)c2C(=O)N1. The molecule has 1 aromatic heterocycles. The van der Waals surface area contributed by atoms with Crippen molar-refractivity contribution in [2.24, 2.45) is 0 Å². The topological polar surface area (TPSA) is 100 Å². The zero-order chi connectivity index (χ0) is 21.1. The van der Waals surface area contributed by atoms with Crippen LogP contribution in [0.15, 0.2) is 29.2 Å². The van der Waals surface area contributed by atoms with Crippen LogP contribution in [0.25, 0.3) is 0 Å². The summed E-state index contributed by atoms with van der Waals surface area (Å²) in [5.41, 5.74) is -1.50. The van der Waals surface area contributed by atoms with Crippen molar-refractivity contribution in [2.75, 3.05) is 0 Å². The van der Waals surface area contributed by atoms with Crippen molar-refractivity contribution in [3.8, 4) is 5.75 Å². The number of pyridine rings is 1. The molecule has 7 nitrogen and oxygen atoms in total. The van der Waals surface area contributed by atoms with E-state index in [2.05, 4.69) is 10.6 Å². The Morgan fingerprint density at radius 2 is 2.10 bits per heavy atom. The summed E-state index contributed by atoms with van der Waals surface area (Å²) in [4.78, 5) is 37.1. The lowest BCUT2D eigenvalue weighted by molar-refractivity contribution is 0.0884. The molecule has 2 amide bonds. The van der Waals surface area contributed by atoms with Crippen molar-refractivity contribution in [2.45, 2.75) is 45.3 Å². The van der Waals surface area contributed by atoms with Crippen molar-refractivity contribution in [1.29, 1.82) is 0 Å². The molecule has 1 unspecified atom stereocenters. The zero-order valence-corrected chi connectivity index (χ0v) is 15.8. The van der Waals surface area contributed by atoms with Crippen LogP contribution in [-0.4, -0.2) is 27.5 Å². The maximum Gasteiger partial charge on any atom is 0.272 e. The minimum absolute atomic E-state index is 0.0426. The van der Waals surface area contributed by atoms with Gasteiger partial charge in [0.05, 0.1) is 0 Å². The molecule has 0 bridgehead atoms. The second kappa shape index (κ2) is 8.42. The van der Waals surface area contributed by atoms with Crippen LogP contribution >= 0.6 is 0 Å².